The minimum Gasteiger partial charge on any atom is -0.497 e. The van der Waals surface area contributed by atoms with Crippen LogP contribution in [0.3, 0.4) is 0 Å². The molecule has 0 aromatic heterocycles. The van der Waals surface area contributed by atoms with E-state index in [4.69, 9.17) is 9.47 Å². The molecule has 0 bridgehead atoms. The highest BCUT2D eigenvalue weighted by molar-refractivity contribution is 5.76. The zero-order chi connectivity index (χ0) is 20.5. The summed E-state index contributed by atoms with van der Waals surface area (Å²) in [6.45, 7) is 8.52. The van der Waals surface area contributed by atoms with Gasteiger partial charge in [-0.1, -0.05) is 43.9 Å². The minimum absolute atomic E-state index is 0.0345. The molecule has 5 nitrogen and oxygen atoms in total. The highest BCUT2D eigenvalue weighted by atomic mass is 16.5. The maximum atomic E-state index is 12.6. The Morgan fingerprint density at radius 3 is 2.69 bits per heavy atom. The fraction of sp³-hybridized carbons (Fsp3) is 0.625. The van der Waals surface area contributed by atoms with Gasteiger partial charge in [0, 0.05) is 39.1 Å². The van der Waals surface area contributed by atoms with Crippen molar-refractivity contribution in [3.05, 3.63) is 42.5 Å². The molecule has 0 N–H and O–H groups in total. The number of carbonyl (C=O) groups is 1. The van der Waals surface area contributed by atoms with Crippen LogP contribution in [0.15, 0.2) is 36.9 Å². The molecule has 160 valence electrons. The Kier molecular flexibility index (Phi) is 8.56. The van der Waals surface area contributed by atoms with Gasteiger partial charge in [0.1, 0.15) is 5.75 Å². The van der Waals surface area contributed by atoms with Crippen molar-refractivity contribution in [1.29, 1.82) is 0 Å². The number of hydrogen-bond acceptors (Lipinski definition) is 4. The molecular weight excluding hydrogens is 364 g/mol. The average molecular weight is 401 g/mol. The Balaban J connectivity index is 1.48. The zero-order valence-electron chi connectivity index (χ0n) is 17.9. The van der Waals surface area contributed by atoms with Crippen LogP contribution in [0.4, 0.5) is 0 Å². The lowest BCUT2D eigenvalue weighted by molar-refractivity contribution is -0.133. The standard InChI is InChI=1S/C24H36N2O3/c1-3-17-29-23(21-9-6-10-22(18-21)28-2)19-25-13-15-26(16-14-25)24(27)12-11-20-7-4-5-8-20/h3,6,9-10,18,20,23H,1,4-5,7-8,11-17,19H2,2H3/t23-/m0/s1. The first-order valence-electron chi connectivity index (χ1n) is 11.1. The van der Waals surface area contributed by atoms with Crippen molar-refractivity contribution in [3.63, 3.8) is 0 Å². The fourth-order valence-electron chi connectivity index (χ4n) is 4.48. The molecule has 2 aliphatic rings. The second-order valence-corrected chi connectivity index (χ2v) is 8.26. The van der Waals surface area contributed by atoms with E-state index in [0.29, 0.717) is 12.5 Å². The Labute approximate surface area is 175 Å². The largest absolute Gasteiger partial charge is 0.497 e. The molecule has 1 aromatic carbocycles. The summed E-state index contributed by atoms with van der Waals surface area (Å²) < 4.78 is 11.4. The van der Waals surface area contributed by atoms with Gasteiger partial charge in [-0.3, -0.25) is 9.69 Å². The van der Waals surface area contributed by atoms with Crippen molar-refractivity contribution in [2.75, 3.05) is 46.4 Å². The molecule has 1 atom stereocenters. The first kappa shape index (κ1) is 21.8. The lowest BCUT2D eigenvalue weighted by Gasteiger charge is -2.36. The minimum atomic E-state index is -0.0345. The highest BCUT2D eigenvalue weighted by Crippen LogP contribution is 2.29. The van der Waals surface area contributed by atoms with Crippen molar-refractivity contribution >= 4 is 5.91 Å². The number of ether oxygens (including phenoxy) is 2. The summed E-state index contributed by atoms with van der Waals surface area (Å²) in [6.07, 6.45) is 8.88. The van der Waals surface area contributed by atoms with E-state index in [2.05, 4.69) is 22.4 Å². The van der Waals surface area contributed by atoms with Crippen LogP contribution in [0.25, 0.3) is 0 Å². The van der Waals surface area contributed by atoms with Gasteiger partial charge in [-0.15, -0.1) is 6.58 Å². The van der Waals surface area contributed by atoms with Gasteiger partial charge in [-0.25, -0.2) is 0 Å². The molecule has 1 saturated heterocycles. The Morgan fingerprint density at radius 1 is 1.24 bits per heavy atom. The number of nitrogens with zero attached hydrogens (tertiary/aromatic N) is 2. The second-order valence-electron chi connectivity index (χ2n) is 8.26. The van der Waals surface area contributed by atoms with Crippen LogP contribution >= 0.6 is 0 Å². The predicted octanol–water partition coefficient (Wildman–Crippen LogP) is 4.05. The smallest absolute Gasteiger partial charge is 0.222 e. The molecule has 1 amide bonds. The third-order valence-corrected chi connectivity index (χ3v) is 6.27. The fourth-order valence-corrected chi connectivity index (χ4v) is 4.48. The summed E-state index contributed by atoms with van der Waals surface area (Å²) in [5.74, 6) is 1.96. The lowest BCUT2D eigenvalue weighted by Crippen LogP contribution is -2.49. The number of piperazine rings is 1. The summed E-state index contributed by atoms with van der Waals surface area (Å²) in [7, 11) is 1.68. The first-order chi connectivity index (χ1) is 14.2. The van der Waals surface area contributed by atoms with Gasteiger partial charge in [0.2, 0.25) is 5.91 Å². The topological polar surface area (TPSA) is 42.0 Å². The molecule has 1 aliphatic heterocycles. The van der Waals surface area contributed by atoms with Gasteiger partial charge in [0.05, 0.1) is 19.8 Å². The van der Waals surface area contributed by atoms with Gasteiger partial charge >= 0.3 is 0 Å². The Bertz CT molecular complexity index is 649. The molecule has 29 heavy (non-hydrogen) atoms. The highest BCUT2D eigenvalue weighted by Gasteiger charge is 2.25. The molecule has 1 saturated carbocycles. The third kappa shape index (κ3) is 6.58. The van der Waals surface area contributed by atoms with Crippen LogP contribution in [-0.4, -0.2) is 62.1 Å². The van der Waals surface area contributed by atoms with Gasteiger partial charge in [0.25, 0.3) is 0 Å². The van der Waals surface area contributed by atoms with Crippen LogP contribution < -0.4 is 4.74 Å². The first-order valence-corrected chi connectivity index (χ1v) is 11.1. The van der Waals surface area contributed by atoms with Gasteiger partial charge in [0.15, 0.2) is 0 Å². The molecule has 0 unspecified atom stereocenters. The van der Waals surface area contributed by atoms with Crippen LogP contribution in [0, 0.1) is 5.92 Å². The number of methoxy groups -OCH3 is 1. The molecule has 0 radical (unpaired) electrons. The van der Waals surface area contributed by atoms with Crippen molar-refractivity contribution in [1.82, 2.24) is 9.80 Å². The number of benzene rings is 1. The second kappa shape index (κ2) is 11.4. The molecule has 1 aliphatic carbocycles. The average Bonchev–Trinajstić information content (AvgIpc) is 3.29. The number of rotatable bonds is 10. The van der Waals surface area contributed by atoms with Crippen molar-refractivity contribution in [2.45, 2.75) is 44.6 Å². The van der Waals surface area contributed by atoms with E-state index in [0.717, 1.165) is 62.8 Å². The van der Waals surface area contributed by atoms with Crippen LogP contribution in [0.1, 0.15) is 50.2 Å². The normalized spacial score (nSPS) is 19.3. The predicted molar refractivity (Wildman–Crippen MR) is 116 cm³/mol. The SMILES string of the molecule is C=CCO[C@@H](CN1CCN(C(=O)CCC2CCCC2)CC1)c1cccc(OC)c1. The number of amides is 1. The molecule has 3 rings (SSSR count). The molecule has 1 aromatic rings. The summed E-state index contributed by atoms with van der Waals surface area (Å²) in [6, 6.07) is 8.07. The van der Waals surface area contributed by atoms with E-state index in [-0.39, 0.29) is 6.10 Å². The van der Waals surface area contributed by atoms with Crippen molar-refractivity contribution in [3.8, 4) is 5.75 Å². The number of carbonyl (C=O) groups excluding carboxylic acids is 1. The van der Waals surface area contributed by atoms with Crippen molar-refractivity contribution < 1.29 is 14.3 Å². The van der Waals surface area contributed by atoms with E-state index in [1.807, 2.05) is 18.2 Å². The van der Waals surface area contributed by atoms with Gasteiger partial charge < -0.3 is 14.4 Å². The van der Waals surface area contributed by atoms with Crippen LogP contribution in [0.2, 0.25) is 0 Å². The maximum absolute atomic E-state index is 12.6. The lowest BCUT2D eigenvalue weighted by atomic mass is 10.0. The van der Waals surface area contributed by atoms with Crippen LogP contribution in [0.5, 0.6) is 5.75 Å². The van der Waals surface area contributed by atoms with Crippen molar-refractivity contribution in [2.24, 2.45) is 5.92 Å². The molecule has 2 fully saturated rings. The van der Waals surface area contributed by atoms with E-state index in [1.54, 1.807) is 13.2 Å². The Hall–Kier alpha value is -1.85. The summed E-state index contributed by atoms with van der Waals surface area (Å²) in [4.78, 5) is 17.0. The monoisotopic (exact) mass is 400 g/mol. The van der Waals surface area contributed by atoms with E-state index < -0.39 is 0 Å². The maximum Gasteiger partial charge on any atom is 0.222 e. The molecular formula is C24H36N2O3. The van der Waals surface area contributed by atoms with Gasteiger partial charge in [-0.2, -0.15) is 0 Å². The third-order valence-electron chi connectivity index (χ3n) is 6.27. The van der Waals surface area contributed by atoms with E-state index in [1.165, 1.54) is 25.7 Å². The molecule has 5 heteroatoms. The Morgan fingerprint density at radius 2 is 2.00 bits per heavy atom. The van der Waals surface area contributed by atoms with E-state index >= 15 is 0 Å². The summed E-state index contributed by atoms with van der Waals surface area (Å²) in [5.41, 5.74) is 1.11. The molecule has 1 heterocycles. The summed E-state index contributed by atoms with van der Waals surface area (Å²) in [5, 5.41) is 0. The molecule has 0 spiro atoms. The van der Waals surface area contributed by atoms with Crippen LogP contribution in [-0.2, 0) is 9.53 Å². The number of hydrogen-bond donors (Lipinski definition) is 0. The zero-order valence-corrected chi connectivity index (χ0v) is 17.9. The summed E-state index contributed by atoms with van der Waals surface area (Å²) >= 11 is 0. The van der Waals surface area contributed by atoms with E-state index in [9.17, 15) is 4.79 Å². The quantitative estimate of drug-likeness (QED) is 0.556. The van der Waals surface area contributed by atoms with Gasteiger partial charge in [-0.05, 0) is 30.0 Å².